The summed E-state index contributed by atoms with van der Waals surface area (Å²) in [6, 6.07) is 1.45. The van der Waals surface area contributed by atoms with Crippen LogP contribution in [-0.2, 0) is 10.0 Å². The van der Waals surface area contributed by atoms with E-state index in [1.165, 1.54) is 6.07 Å². The van der Waals surface area contributed by atoms with E-state index in [0.29, 0.717) is 29.3 Å². The van der Waals surface area contributed by atoms with Gasteiger partial charge in [-0.3, -0.25) is 0 Å². The van der Waals surface area contributed by atoms with Crippen LogP contribution in [0.25, 0.3) is 0 Å². The van der Waals surface area contributed by atoms with Crippen LogP contribution in [0.5, 0.6) is 0 Å². The summed E-state index contributed by atoms with van der Waals surface area (Å²) in [7, 11) is -3.51. The Morgan fingerprint density at radius 3 is 2.74 bits per heavy atom. The van der Waals surface area contributed by atoms with E-state index in [1.807, 2.05) is 0 Å². The molecule has 3 heterocycles. The van der Waals surface area contributed by atoms with E-state index in [1.54, 1.807) is 4.31 Å². The summed E-state index contributed by atoms with van der Waals surface area (Å²) in [6.45, 7) is 3.04. The molecule has 0 radical (unpaired) electrons. The summed E-state index contributed by atoms with van der Waals surface area (Å²) < 4.78 is 27.4. The molecule has 2 aliphatic rings. The predicted molar refractivity (Wildman–Crippen MR) is 77.6 cm³/mol. The molecule has 19 heavy (non-hydrogen) atoms. The highest BCUT2D eigenvalue weighted by Crippen LogP contribution is 2.37. The van der Waals surface area contributed by atoms with Crippen molar-refractivity contribution in [2.24, 2.45) is 11.8 Å². The maximum absolute atomic E-state index is 12.6. The average molecular weight is 341 g/mol. The fraction of sp³-hybridized carbons (Fsp3) is 0.636. The van der Waals surface area contributed by atoms with Crippen molar-refractivity contribution >= 4 is 44.6 Å². The standard InChI is InChI=1S/C11H14Cl2N2O2S2/c12-10-3-9(11(13)18-10)19(16,17)15-2-1-7-4-14-5-8(7)6-15/h3,7-8,14H,1-2,4-6H2. The number of thiophene rings is 1. The molecule has 0 aliphatic carbocycles. The van der Waals surface area contributed by atoms with Gasteiger partial charge in [-0.15, -0.1) is 11.3 Å². The van der Waals surface area contributed by atoms with Crippen LogP contribution in [0, 0.1) is 11.8 Å². The van der Waals surface area contributed by atoms with Gasteiger partial charge in [-0.25, -0.2) is 8.42 Å². The summed E-state index contributed by atoms with van der Waals surface area (Å²) in [5, 5.41) is 3.32. The third-order valence-corrected chi connectivity index (χ3v) is 7.53. The normalized spacial score (nSPS) is 28.5. The van der Waals surface area contributed by atoms with Crippen LogP contribution < -0.4 is 5.32 Å². The molecule has 1 aromatic rings. The van der Waals surface area contributed by atoms with Gasteiger partial charge >= 0.3 is 0 Å². The molecule has 0 aromatic carbocycles. The van der Waals surface area contributed by atoms with Gasteiger partial charge in [-0.05, 0) is 37.4 Å². The van der Waals surface area contributed by atoms with Crippen molar-refractivity contribution < 1.29 is 8.42 Å². The Bertz CT molecular complexity index is 588. The Kier molecular flexibility index (Phi) is 3.83. The van der Waals surface area contributed by atoms with Crippen molar-refractivity contribution in [3.05, 3.63) is 14.7 Å². The quantitative estimate of drug-likeness (QED) is 0.898. The molecule has 1 aromatic heterocycles. The molecule has 2 atom stereocenters. The summed E-state index contributed by atoms with van der Waals surface area (Å²) in [5.74, 6) is 1.02. The Hall–Kier alpha value is 0.150. The third-order valence-electron chi connectivity index (χ3n) is 3.91. The van der Waals surface area contributed by atoms with Gasteiger partial charge in [0, 0.05) is 13.1 Å². The molecule has 2 fully saturated rings. The largest absolute Gasteiger partial charge is 0.316 e. The lowest BCUT2D eigenvalue weighted by Crippen LogP contribution is -2.43. The summed E-state index contributed by atoms with van der Waals surface area (Å²) in [6.07, 6.45) is 0.909. The monoisotopic (exact) mass is 340 g/mol. The summed E-state index contributed by atoms with van der Waals surface area (Å²) in [4.78, 5) is 0.147. The highest BCUT2D eigenvalue weighted by molar-refractivity contribution is 7.89. The molecule has 8 heteroatoms. The maximum atomic E-state index is 12.6. The molecule has 2 unspecified atom stereocenters. The van der Waals surface area contributed by atoms with Crippen LogP contribution in [-0.4, -0.2) is 38.9 Å². The van der Waals surface area contributed by atoms with E-state index in [0.717, 1.165) is 30.8 Å². The van der Waals surface area contributed by atoms with Gasteiger partial charge in [-0.2, -0.15) is 4.31 Å². The van der Waals surface area contributed by atoms with Crippen LogP contribution in [0.2, 0.25) is 8.67 Å². The van der Waals surface area contributed by atoms with Crippen LogP contribution >= 0.6 is 34.5 Å². The molecule has 4 nitrogen and oxygen atoms in total. The molecule has 0 spiro atoms. The Morgan fingerprint density at radius 1 is 1.32 bits per heavy atom. The van der Waals surface area contributed by atoms with Crippen LogP contribution in [0.4, 0.5) is 0 Å². The fourth-order valence-corrected chi connectivity index (χ4v) is 6.48. The molecule has 0 saturated carbocycles. The number of nitrogens with zero attached hydrogens (tertiary/aromatic N) is 1. The minimum atomic E-state index is -3.51. The topological polar surface area (TPSA) is 49.4 Å². The van der Waals surface area contributed by atoms with E-state index < -0.39 is 10.0 Å². The first-order valence-corrected chi connectivity index (χ1v) is 9.15. The van der Waals surface area contributed by atoms with Gasteiger partial charge in [0.1, 0.15) is 9.23 Å². The van der Waals surface area contributed by atoms with Crippen LogP contribution in [0.3, 0.4) is 0 Å². The van der Waals surface area contributed by atoms with Crippen molar-refractivity contribution in [2.75, 3.05) is 26.2 Å². The predicted octanol–water partition coefficient (Wildman–Crippen LogP) is 2.28. The van der Waals surface area contributed by atoms with Crippen molar-refractivity contribution in [1.29, 1.82) is 0 Å². The van der Waals surface area contributed by atoms with Gasteiger partial charge in [0.2, 0.25) is 10.0 Å². The van der Waals surface area contributed by atoms with E-state index >= 15 is 0 Å². The number of piperidine rings is 1. The van der Waals surface area contributed by atoms with E-state index in [2.05, 4.69) is 5.32 Å². The van der Waals surface area contributed by atoms with Crippen LogP contribution in [0.15, 0.2) is 11.0 Å². The minimum absolute atomic E-state index is 0.147. The first-order chi connectivity index (χ1) is 8.98. The van der Waals surface area contributed by atoms with E-state index in [9.17, 15) is 8.42 Å². The molecule has 3 rings (SSSR count). The molecule has 1 N–H and O–H groups in total. The first kappa shape index (κ1) is 14.1. The number of nitrogens with one attached hydrogen (secondary N) is 1. The van der Waals surface area contributed by atoms with Crippen molar-refractivity contribution in [1.82, 2.24) is 9.62 Å². The summed E-state index contributed by atoms with van der Waals surface area (Å²) in [5.41, 5.74) is 0. The zero-order valence-corrected chi connectivity index (χ0v) is 13.2. The molecule has 0 bridgehead atoms. The molecular weight excluding hydrogens is 327 g/mol. The van der Waals surface area contributed by atoms with Gasteiger partial charge in [0.05, 0.1) is 4.34 Å². The highest BCUT2D eigenvalue weighted by Gasteiger charge is 2.38. The molecule has 2 aliphatic heterocycles. The fourth-order valence-electron chi connectivity index (χ4n) is 2.86. The Morgan fingerprint density at radius 2 is 2.05 bits per heavy atom. The number of fused-ring (bicyclic) bond motifs is 1. The lowest BCUT2D eigenvalue weighted by molar-refractivity contribution is 0.228. The van der Waals surface area contributed by atoms with E-state index in [4.69, 9.17) is 23.2 Å². The Balaban J connectivity index is 1.87. The zero-order chi connectivity index (χ0) is 13.6. The van der Waals surface area contributed by atoms with Gasteiger partial charge < -0.3 is 5.32 Å². The van der Waals surface area contributed by atoms with Crippen molar-refractivity contribution in [3.63, 3.8) is 0 Å². The smallest absolute Gasteiger partial charge is 0.245 e. The first-order valence-electron chi connectivity index (χ1n) is 6.14. The number of halogens is 2. The molecule has 106 valence electrons. The number of hydrogen-bond donors (Lipinski definition) is 1. The summed E-state index contributed by atoms with van der Waals surface area (Å²) >= 11 is 12.9. The van der Waals surface area contributed by atoms with E-state index in [-0.39, 0.29) is 9.23 Å². The number of sulfonamides is 1. The minimum Gasteiger partial charge on any atom is -0.316 e. The molecular formula is C11H14Cl2N2O2S2. The number of hydrogen-bond acceptors (Lipinski definition) is 4. The third kappa shape index (κ3) is 2.54. The van der Waals surface area contributed by atoms with Gasteiger partial charge in [0.15, 0.2) is 0 Å². The van der Waals surface area contributed by atoms with Crippen molar-refractivity contribution in [3.8, 4) is 0 Å². The lowest BCUT2D eigenvalue weighted by atomic mass is 9.90. The van der Waals surface area contributed by atoms with Gasteiger partial charge in [-0.1, -0.05) is 23.2 Å². The van der Waals surface area contributed by atoms with Crippen molar-refractivity contribution in [2.45, 2.75) is 11.3 Å². The highest BCUT2D eigenvalue weighted by atomic mass is 35.5. The average Bonchev–Trinajstić information content (AvgIpc) is 2.94. The Labute approximate surface area is 126 Å². The maximum Gasteiger partial charge on any atom is 0.245 e. The van der Waals surface area contributed by atoms with Gasteiger partial charge in [0.25, 0.3) is 0 Å². The second kappa shape index (κ2) is 5.16. The zero-order valence-electron chi connectivity index (χ0n) is 10.1. The second-order valence-corrected chi connectivity index (χ2v) is 9.21. The van der Waals surface area contributed by atoms with Crippen LogP contribution in [0.1, 0.15) is 6.42 Å². The second-order valence-electron chi connectivity index (χ2n) is 5.02. The lowest BCUT2D eigenvalue weighted by Gasteiger charge is -2.33. The SMILES string of the molecule is O=S(=O)(c1cc(Cl)sc1Cl)N1CCC2CNCC2C1. The molecule has 0 amide bonds. The number of rotatable bonds is 2. The molecule has 2 saturated heterocycles.